The Morgan fingerprint density at radius 3 is 2.91 bits per heavy atom. The van der Waals surface area contributed by atoms with E-state index < -0.39 is 0 Å². The second kappa shape index (κ2) is 3.49. The van der Waals surface area contributed by atoms with E-state index in [0.29, 0.717) is 11.4 Å². The Kier molecular flexibility index (Phi) is 2.60. The van der Waals surface area contributed by atoms with Crippen LogP contribution in [0.25, 0.3) is 0 Å². The quantitative estimate of drug-likeness (QED) is 0.680. The maximum Gasteiger partial charge on any atom is 0.110 e. The summed E-state index contributed by atoms with van der Waals surface area (Å²) in [5.41, 5.74) is 0. The van der Waals surface area contributed by atoms with Crippen LogP contribution < -0.4 is 0 Å². The average Bonchev–Trinajstić information content (AvgIpc) is 2.34. The molecule has 0 aliphatic heterocycles. The van der Waals surface area contributed by atoms with Crippen molar-refractivity contribution in [1.29, 1.82) is 5.26 Å². The zero-order chi connectivity index (χ0) is 8.27. The van der Waals surface area contributed by atoms with E-state index in [4.69, 9.17) is 10.5 Å². The molecule has 0 amide bonds. The third kappa shape index (κ3) is 2.31. The predicted octanol–water partition coefficient (Wildman–Crippen LogP) is 1.44. The fourth-order valence-corrected chi connectivity index (χ4v) is 1.60. The molecule has 1 rings (SSSR count). The lowest BCUT2D eigenvalue weighted by molar-refractivity contribution is -0.0723. The molecule has 0 saturated heterocycles. The van der Waals surface area contributed by atoms with Crippen molar-refractivity contribution in [1.82, 2.24) is 5.06 Å². The Bertz CT molecular complexity index is 274. The van der Waals surface area contributed by atoms with Crippen molar-refractivity contribution in [3.63, 3.8) is 0 Å². The minimum absolute atomic E-state index is 0.479. The molecule has 0 radical (unpaired) electrons. The summed E-state index contributed by atoms with van der Waals surface area (Å²) in [5.74, 6) is 0. The third-order valence-corrected chi connectivity index (χ3v) is 2.13. The first-order valence-corrected chi connectivity index (χ1v) is 3.93. The Morgan fingerprint density at radius 1 is 1.73 bits per heavy atom. The minimum Gasteiger partial charge on any atom is -0.314 e. The van der Waals surface area contributed by atoms with Crippen LogP contribution in [-0.4, -0.2) is 17.3 Å². The van der Waals surface area contributed by atoms with Gasteiger partial charge in [0.2, 0.25) is 0 Å². The molecule has 3 nitrogen and oxygen atoms in total. The molecule has 0 atom stereocenters. The highest BCUT2D eigenvalue weighted by atomic mass is 32.1. The molecule has 1 N–H and O–H groups in total. The highest BCUT2D eigenvalue weighted by molar-refractivity contribution is 7.12. The molecule has 0 saturated carbocycles. The summed E-state index contributed by atoms with van der Waals surface area (Å²) in [7, 11) is 1.58. The van der Waals surface area contributed by atoms with Gasteiger partial charge in [-0.3, -0.25) is 0 Å². The summed E-state index contributed by atoms with van der Waals surface area (Å²) in [6, 6.07) is 5.64. The van der Waals surface area contributed by atoms with Crippen molar-refractivity contribution in [2.75, 3.05) is 7.05 Å². The Balaban J connectivity index is 2.67. The predicted molar refractivity (Wildman–Crippen MR) is 42.3 cm³/mol. The van der Waals surface area contributed by atoms with Gasteiger partial charge in [0.1, 0.15) is 10.9 Å². The molecule has 11 heavy (non-hydrogen) atoms. The monoisotopic (exact) mass is 168 g/mol. The molecule has 0 aliphatic rings. The normalized spacial score (nSPS) is 10.0. The van der Waals surface area contributed by atoms with Crippen molar-refractivity contribution < 1.29 is 5.21 Å². The lowest BCUT2D eigenvalue weighted by atomic mass is 10.4. The van der Waals surface area contributed by atoms with Gasteiger partial charge in [-0.05, 0) is 12.1 Å². The molecule has 0 aromatic carbocycles. The summed E-state index contributed by atoms with van der Waals surface area (Å²) >= 11 is 1.40. The van der Waals surface area contributed by atoms with Crippen molar-refractivity contribution >= 4 is 11.3 Å². The van der Waals surface area contributed by atoms with E-state index >= 15 is 0 Å². The first kappa shape index (κ1) is 8.21. The van der Waals surface area contributed by atoms with Crippen LogP contribution in [0.3, 0.4) is 0 Å². The molecular formula is C7H8N2OS. The van der Waals surface area contributed by atoms with E-state index in [9.17, 15) is 0 Å². The Hall–Kier alpha value is -0.890. The summed E-state index contributed by atoms with van der Waals surface area (Å²) < 4.78 is 0. The highest BCUT2D eigenvalue weighted by Crippen LogP contribution is 2.15. The largest absolute Gasteiger partial charge is 0.314 e. The number of thiophene rings is 1. The van der Waals surface area contributed by atoms with Crippen molar-refractivity contribution in [2.24, 2.45) is 0 Å². The molecule has 58 valence electrons. The second-order valence-electron chi connectivity index (χ2n) is 2.19. The van der Waals surface area contributed by atoms with Gasteiger partial charge in [-0.25, -0.2) is 0 Å². The lowest BCUT2D eigenvalue weighted by Gasteiger charge is -2.03. The Labute approximate surface area is 69.1 Å². The summed E-state index contributed by atoms with van der Waals surface area (Å²) in [6.45, 7) is 0.479. The molecule has 0 aliphatic carbocycles. The van der Waals surface area contributed by atoms with Gasteiger partial charge in [0.15, 0.2) is 0 Å². The number of nitrogens with zero attached hydrogens (tertiary/aromatic N) is 2. The van der Waals surface area contributed by atoms with Crippen LogP contribution in [0.1, 0.15) is 9.75 Å². The van der Waals surface area contributed by atoms with Crippen LogP contribution in [0.2, 0.25) is 0 Å². The zero-order valence-corrected chi connectivity index (χ0v) is 6.93. The number of nitriles is 1. The van der Waals surface area contributed by atoms with Gasteiger partial charge in [-0.2, -0.15) is 10.3 Å². The van der Waals surface area contributed by atoms with Gasteiger partial charge < -0.3 is 5.21 Å². The van der Waals surface area contributed by atoms with Gasteiger partial charge in [0.05, 0.1) is 6.54 Å². The average molecular weight is 168 g/mol. The van der Waals surface area contributed by atoms with Crippen molar-refractivity contribution in [2.45, 2.75) is 6.54 Å². The summed E-state index contributed by atoms with van der Waals surface area (Å²) in [5, 5.41) is 18.4. The molecule has 4 heteroatoms. The highest BCUT2D eigenvalue weighted by Gasteiger charge is 2.00. The van der Waals surface area contributed by atoms with Crippen LogP contribution in [0.4, 0.5) is 0 Å². The van der Waals surface area contributed by atoms with Crippen LogP contribution in [-0.2, 0) is 6.54 Å². The summed E-state index contributed by atoms with van der Waals surface area (Å²) in [4.78, 5) is 1.67. The molecular weight excluding hydrogens is 160 g/mol. The van der Waals surface area contributed by atoms with E-state index in [0.717, 1.165) is 9.94 Å². The minimum atomic E-state index is 0.479. The van der Waals surface area contributed by atoms with Crippen molar-refractivity contribution in [3.05, 3.63) is 21.9 Å². The topological polar surface area (TPSA) is 47.3 Å². The standard InChI is InChI=1S/C7H8N2OS/c1-9(10)5-7-3-2-6(4-8)11-7/h2-3,10H,5H2,1H3. The molecule has 0 bridgehead atoms. The maximum atomic E-state index is 8.84. The van der Waals surface area contributed by atoms with Gasteiger partial charge in [0, 0.05) is 11.9 Å². The number of hydrogen-bond acceptors (Lipinski definition) is 4. The zero-order valence-electron chi connectivity index (χ0n) is 6.11. The number of hydrogen-bond donors (Lipinski definition) is 1. The fraction of sp³-hybridized carbons (Fsp3) is 0.286. The van der Waals surface area contributed by atoms with E-state index in [1.54, 1.807) is 13.1 Å². The van der Waals surface area contributed by atoms with E-state index in [1.807, 2.05) is 12.1 Å². The number of rotatable bonds is 2. The van der Waals surface area contributed by atoms with Crippen LogP contribution >= 0.6 is 11.3 Å². The molecule has 1 aromatic heterocycles. The van der Waals surface area contributed by atoms with Crippen LogP contribution in [0.5, 0.6) is 0 Å². The smallest absolute Gasteiger partial charge is 0.110 e. The second-order valence-corrected chi connectivity index (χ2v) is 3.36. The molecule has 1 aromatic rings. The van der Waals surface area contributed by atoms with Crippen LogP contribution in [0.15, 0.2) is 12.1 Å². The van der Waals surface area contributed by atoms with E-state index in [-0.39, 0.29) is 0 Å². The summed E-state index contributed by atoms with van der Waals surface area (Å²) in [6.07, 6.45) is 0. The van der Waals surface area contributed by atoms with Gasteiger partial charge in [0.25, 0.3) is 0 Å². The van der Waals surface area contributed by atoms with Gasteiger partial charge in [-0.1, -0.05) is 0 Å². The first-order chi connectivity index (χ1) is 5.22. The molecule has 0 unspecified atom stereocenters. The van der Waals surface area contributed by atoms with Gasteiger partial charge >= 0.3 is 0 Å². The van der Waals surface area contributed by atoms with E-state index in [2.05, 4.69) is 0 Å². The number of hydroxylamine groups is 2. The maximum absolute atomic E-state index is 8.84. The first-order valence-electron chi connectivity index (χ1n) is 3.11. The molecule has 0 spiro atoms. The fourth-order valence-electron chi connectivity index (χ4n) is 0.749. The Morgan fingerprint density at radius 2 is 2.45 bits per heavy atom. The lowest BCUT2D eigenvalue weighted by Crippen LogP contribution is -2.10. The van der Waals surface area contributed by atoms with Crippen LogP contribution in [0, 0.1) is 11.3 Å². The molecule has 1 heterocycles. The third-order valence-electron chi connectivity index (χ3n) is 1.16. The van der Waals surface area contributed by atoms with Crippen molar-refractivity contribution in [3.8, 4) is 6.07 Å². The molecule has 0 fully saturated rings. The van der Waals surface area contributed by atoms with E-state index in [1.165, 1.54) is 11.3 Å². The van der Waals surface area contributed by atoms with Gasteiger partial charge in [-0.15, -0.1) is 11.3 Å². The SMILES string of the molecule is CN(O)Cc1ccc(C#N)s1.